The zero-order chi connectivity index (χ0) is 15.6. The number of halogens is 2. The van der Waals surface area contributed by atoms with Crippen LogP contribution in [0.3, 0.4) is 0 Å². The minimum absolute atomic E-state index is 0.0192. The fourth-order valence-electron chi connectivity index (χ4n) is 1.87. The van der Waals surface area contributed by atoms with Gasteiger partial charge in [-0.1, -0.05) is 23.7 Å². The average Bonchev–Trinajstić information content (AvgIpc) is 2.42. The van der Waals surface area contributed by atoms with Crippen LogP contribution in [0, 0.1) is 0 Å². The first-order valence-electron chi connectivity index (χ1n) is 6.12. The van der Waals surface area contributed by atoms with Crippen molar-refractivity contribution < 1.29 is 8.42 Å². The molecule has 4 nitrogen and oxygen atoms in total. The van der Waals surface area contributed by atoms with Crippen molar-refractivity contribution in [1.82, 2.24) is 0 Å². The SMILES string of the molecule is CC(Nc1cc(Cl)ccc1Br)c1ccc(S(N)(=O)=O)cc1. The highest BCUT2D eigenvalue weighted by atomic mass is 79.9. The predicted molar refractivity (Wildman–Crippen MR) is 89.0 cm³/mol. The third-order valence-corrected chi connectivity index (χ3v) is 4.86. The Balaban J connectivity index is 2.20. The normalized spacial score (nSPS) is 13.0. The lowest BCUT2D eigenvalue weighted by atomic mass is 10.1. The Morgan fingerprint density at radius 2 is 1.81 bits per heavy atom. The molecule has 3 N–H and O–H groups in total. The Bertz CT molecular complexity index is 748. The molecule has 0 saturated carbocycles. The van der Waals surface area contributed by atoms with Crippen LogP contribution in [-0.2, 0) is 10.0 Å². The topological polar surface area (TPSA) is 72.2 Å². The molecule has 21 heavy (non-hydrogen) atoms. The molecule has 0 aliphatic rings. The summed E-state index contributed by atoms with van der Waals surface area (Å²) < 4.78 is 23.4. The first-order chi connectivity index (χ1) is 9.77. The van der Waals surface area contributed by atoms with Gasteiger partial charge in [-0.3, -0.25) is 0 Å². The maximum atomic E-state index is 11.2. The van der Waals surface area contributed by atoms with Gasteiger partial charge in [-0.2, -0.15) is 0 Å². The maximum absolute atomic E-state index is 11.2. The van der Waals surface area contributed by atoms with Crippen LogP contribution in [0.4, 0.5) is 5.69 Å². The minimum atomic E-state index is -3.66. The van der Waals surface area contributed by atoms with E-state index in [0.717, 1.165) is 15.7 Å². The van der Waals surface area contributed by atoms with E-state index >= 15 is 0 Å². The lowest BCUT2D eigenvalue weighted by Crippen LogP contribution is -2.12. The standard InChI is InChI=1S/C14H14BrClN2O2S/c1-9(18-14-8-11(16)4-7-13(14)15)10-2-5-12(6-3-10)21(17,19)20/h2-9,18H,1H3,(H2,17,19,20). The lowest BCUT2D eigenvalue weighted by molar-refractivity contribution is 0.597. The van der Waals surface area contributed by atoms with E-state index in [-0.39, 0.29) is 10.9 Å². The van der Waals surface area contributed by atoms with Crippen LogP contribution < -0.4 is 10.5 Å². The molecule has 0 aliphatic heterocycles. The number of sulfonamides is 1. The van der Waals surface area contributed by atoms with Crippen LogP contribution in [-0.4, -0.2) is 8.42 Å². The van der Waals surface area contributed by atoms with Crippen molar-refractivity contribution in [1.29, 1.82) is 0 Å². The summed E-state index contributed by atoms with van der Waals surface area (Å²) in [4.78, 5) is 0.0994. The van der Waals surface area contributed by atoms with E-state index < -0.39 is 10.0 Å². The average molecular weight is 390 g/mol. The second-order valence-electron chi connectivity index (χ2n) is 4.60. The Kier molecular flexibility index (Phi) is 4.93. The van der Waals surface area contributed by atoms with E-state index in [1.54, 1.807) is 18.2 Å². The van der Waals surface area contributed by atoms with E-state index in [2.05, 4.69) is 21.2 Å². The van der Waals surface area contributed by atoms with Crippen LogP contribution in [0.15, 0.2) is 51.8 Å². The van der Waals surface area contributed by atoms with Crippen LogP contribution >= 0.6 is 27.5 Å². The number of nitrogens with two attached hydrogens (primary N) is 1. The maximum Gasteiger partial charge on any atom is 0.238 e. The van der Waals surface area contributed by atoms with Gasteiger partial charge in [0.05, 0.1) is 10.6 Å². The Morgan fingerprint density at radius 1 is 1.19 bits per heavy atom. The highest BCUT2D eigenvalue weighted by Crippen LogP contribution is 2.29. The molecular weight excluding hydrogens is 376 g/mol. The van der Waals surface area contributed by atoms with Crippen molar-refractivity contribution in [2.24, 2.45) is 5.14 Å². The molecule has 0 amide bonds. The van der Waals surface area contributed by atoms with Gasteiger partial charge in [-0.15, -0.1) is 0 Å². The summed E-state index contributed by atoms with van der Waals surface area (Å²) in [5.41, 5.74) is 1.81. The molecule has 0 radical (unpaired) electrons. The quantitative estimate of drug-likeness (QED) is 0.832. The zero-order valence-electron chi connectivity index (χ0n) is 11.2. The van der Waals surface area contributed by atoms with E-state index in [1.165, 1.54) is 12.1 Å². The summed E-state index contributed by atoms with van der Waals surface area (Å²) in [6.07, 6.45) is 0. The zero-order valence-corrected chi connectivity index (χ0v) is 14.3. The van der Waals surface area contributed by atoms with Gasteiger partial charge in [0.15, 0.2) is 0 Å². The molecule has 112 valence electrons. The summed E-state index contributed by atoms with van der Waals surface area (Å²) in [6.45, 7) is 1.97. The van der Waals surface area contributed by atoms with Crippen LogP contribution in [0.5, 0.6) is 0 Å². The van der Waals surface area contributed by atoms with Crippen molar-refractivity contribution in [3.63, 3.8) is 0 Å². The van der Waals surface area contributed by atoms with Gasteiger partial charge in [0.2, 0.25) is 10.0 Å². The summed E-state index contributed by atoms with van der Waals surface area (Å²) in [6, 6.07) is 11.9. The van der Waals surface area contributed by atoms with E-state index in [1.807, 2.05) is 19.1 Å². The third-order valence-electron chi connectivity index (χ3n) is 3.01. The Morgan fingerprint density at radius 3 is 2.38 bits per heavy atom. The Labute approximate surface area is 137 Å². The third kappa shape index (κ3) is 4.20. The smallest absolute Gasteiger partial charge is 0.238 e. The summed E-state index contributed by atoms with van der Waals surface area (Å²) in [7, 11) is -3.66. The monoisotopic (exact) mass is 388 g/mol. The molecule has 2 rings (SSSR count). The van der Waals surface area contributed by atoms with Crippen molar-refractivity contribution in [3.05, 3.63) is 57.5 Å². The second kappa shape index (κ2) is 6.36. The number of hydrogen-bond donors (Lipinski definition) is 2. The molecule has 2 aromatic rings. The van der Waals surface area contributed by atoms with Crippen molar-refractivity contribution in [2.45, 2.75) is 17.9 Å². The second-order valence-corrected chi connectivity index (χ2v) is 7.46. The lowest BCUT2D eigenvalue weighted by Gasteiger charge is -2.17. The summed E-state index contributed by atoms with van der Waals surface area (Å²) in [5, 5.41) is 9.03. The highest BCUT2D eigenvalue weighted by molar-refractivity contribution is 9.10. The Hall–Kier alpha value is -1.08. The largest absolute Gasteiger partial charge is 0.378 e. The molecule has 2 aromatic carbocycles. The summed E-state index contributed by atoms with van der Waals surface area (Å²) in [5.74, 6) is 0. The van der Waals surface area contributed by atoms with Crippen LogP contribution in [0.1, 0.15) is 18.5 Å². The highest BCUT2D eigenvalue weighted by Gasteiger charge is 2.11. The van der Waals surface area contributed by atoms with Crippen molar-refractivity contribution in [2.75, 3.05) is 5.32 Å². The molecule has 1 unspecified atom stereocenters. The van der Waals surface area contributed by atoms with Crippen LogP contribution in [0.25, 0.3) is 0 Å². The van der Waals surface area contributed by atoms with E-state index in [4.69, 9.17) is 16.7 Å². The number of primary sulfonamides is 1. The fourth-order valence-corrected chi connectivity index (χ4v) is 2.92. The molecule has 7 heteroatoms. The molecule has 0 aliphatic carbocycles. The number of nitrogens with one attached hydrogen (secondary N) is 1. The van der Waals surface area contributed by atoms with E-state index in [9.17, 15) is 8.42 Å². The fraction of sp³-hybridized carbons (Fsp3) is 0.143. The van der Waals surface area contributed by atoms with Gasteiger partial charge < -0.3 is 5.32 Å². The summed E-state index contributed by atoms with van der Waals surface area (Å²) >= 11 is 9.43. The molecule has 0 spiro atoms. The van der Waals surface area contributed by atoms with E-state index in [0.29, 0.717) is 5.02 Å². The van der Waals surface area contributed by atoms with Gasteiger partial charge >= 0.3 is 0 Å². The molecule has 0 heterocycles. The van der Waals surface area contributed by atoms with Crippen molar-refractivity contribution >= 4 is 43.2 Å². The van der Waals surface area contributed by atoms with Gasteiger partial charge in [-0.05, 0) is 58.7 Å². The van der Waals surface area contributed by atoms with Crippen molar-refractivity contribution in [3.8, 4) is 0 Å². The number of anilines is 1. The van der Waals surface area contributed by atoms with Gasteiger partial charge in [0.1, 0.15) is 0 Å². The first kappa shape index (κ1) is 16.3. The van der Waals surface area contributed by atoms with Gasteiger partial charge in [0, 0.05) is 15.5 Å². The molecule has 1 atom stereocenters. The molecule has 0 bridgehead atoms. The number of rotatable bonds is 4. The minimum Gasteiger partial charge on any atom is -0.378 e. The van der Waals surface area contributed by atoms with Gasteiger partial charge in [-0.25, -0.2) is 13.6 Å². The molecule has 0 aromatic heterocycles. The molecular formula is C14H14BrClN2O2S. The molecule has 0 fully saturated rings. The molecule has 0 saturated heterocycles. The first-order valence-corrected chi connectivity index (χ1v) is 8.83. The number of benzene rings is 2. The van der Waals surface area contributed by atoms with Crippen LogP contribution in [0.2, 0.25) is 5.02 Å². The predicted octanol–water partition coefficient (Wildman–Crippen LogP) is 3.92. The number of hydrogen-bond acceptors (Lipinski definition) is 3. The van der Waals surface area contributed by atoms with Gasteiger partial charge in [0.25, 0.3) is 0 Å².